The van der Waals surface area contributed by atoms with Gasteiger partial charge in [-0.3, -0.25) is 15.0 Å². The number of nitrogens with zero attached hydrogens (tertiary/aromatic N) is 16. The van der Waals surface area contributed by atoms with E-state index in [1.165, 1.54) is 79.0 Å². The number of fused-ring (bicyclic) bond motifs is 7. The van der Waals surface area contributed by atoms with Crippen LogP contribution >= 0.6 is 22.7 Å². The number of aromatic nitrogens is 16. The van der Waals surface area contributed by atoms with Crippen LogP contribution in [0.3, 0.4) is 0 Å². The lowest BCUT2D eigenvalue weighted by molar-refractivity contribution is 0.603. The third-order valence-electron chi connectivity index (χ3n) is 14.4. The number of hydrogen-bond acceptors (Lipinski definition) is 20. The zero-order valence-electron chi connectivity index (χ0n) is 57.2. The number of furan rings is 2. The number of aliphatic imine (C=N–C) groups is 1. The third kappa shape index (κ3) is 23.4. The van der Waals surface area contributed by atoms with E-state index in [-0.39, 0.29) is 0 Å². The van der Waals surface area contributed by atoms with Crippen molar-refractivity contribution in [1.82, 2.24) is 79.7 Å². The van der Waals surface area contributed by atoms with Gasteiger partial charge in [0.25, 0.3) is 0 Å². The summed E-state index contributed by atoms with van der Waals surface area (Å²) in [4.78, 5) is 68.1. The largest absolute Gasteiger partial charge is 0.461 e. The van der Waals surface area contributed by atoms with E-state index in [0.29, 0.717) is 0 Å². The lowest BCUT2D eigenvalue weighted by Gasteiger charge is -1.98. The Bertz CT molecular complexity index is 4610. The second kappa shape index (κ2) is 39.2. The van der Waals surface area contributed by atoms with Gasteiger partial charge in [-0.25, -0.2) is 64.8 Å². The minimum Gasteiger partial charge on any atom is -0.461 e. The van der Waals surface area contributed by atoms with Crippen molar-refractivity contribution in [3.05, 3.63) is 311 Å². The number of pyridine rings is 7. The van der Waals surface area contributed by atoms with Gasteiger partial charge in [-0.1, -0.05) is 60.2 Å². The molecule has 0 bridgehead atoms. The fraction of sp³-hybridized carbons (Fsp3) is 0.154. The monoisotopic (exact) mass is 1350 g/mol. The predicted molar refractivity (Wildman–Crippen MR) is 401 cm³/mol. The Morgan fingerprint density at radius 2 is 1.03 bits per heavy atom. The number of thiophene rings is 2. The van der Waals surface area contributed by atoms with Crippen LogP contribution in [0.1, 0.15) is 67.4 Å². The minimum absolute atomic E-state index is 0.722. The van der Waals surface area contributed by atoms with Crippen LogP contribution < -0.4 is 0 Å². The van der Waals surface area contributed by atoms with Gasteiger partial charge in [0, 0.05) is 95.7 Å². The number of aromatic amines is 1. The SMILES string of the molecule is Cc1ccccc1.Cc1ccccn1.Cc1ccnc2c1CC=N2.Cc1ccnc2ccccc12.Cc1ccnc2nc[nH]c12.Cc1ccnc2occc12.Cc1ccnc2sccc12.Cc1ccncc1.Cc1ncnc2ccoc12.Cc1ncnc2ccsc12.Cc1ncncn1. The third-order valence-corrected chi connectivity index (χ3v) is 16.2. The summed E-state index contributed by atoms with van der Waals surface area (Å²) in [5.41, 5.74) is 19.5. The summed E-state index contributed by atoms with van der Waals surface area (Å²) in [6.07, 6.45) is 28.3. The van der Waals surface area contributed by atoms with Crippen LogP contribution in [0.15, 0.2) is 258 Å². The number of aryl methyl sites for hydroxylation is 11. The highest BCUT2D eigenvalue weighted by Crippen LogP contribution is 2.24. The molecule has 0 atom stereocenters. The van der Waals surface area contributed by atoms with Crippen LogP contribution in [-0.4, -0.2) is 86.0 Å². The second-order valence-corrected chi connectivity index (χ2v) is 23.7. The summed E-state index contributed by atoms with van der Waals surface area (Å²) in [6.45, 7) is 22.2. The molecule has 1 aliphatic heterocycles. The lowest BCUT2D eigenvalue weighted by Crippen LogP contribution is -1.85. The van der Waals surface area contributed by atoms with Gasteiger partial charge in [-0.15, -0.1) is 22.7 Å². The number of rotatable bonds is 0. The van der Waals surface area contributed by atoms with Gasteiger partial charge < -0.3 is 13.8 Å². The zero-order valence-corrected chi connectivity index (χ0v) is 58.8. The molecular weight excluding hydrogens is 1270 g/mol. The lowest BCUT2D eigenvalue weighted by atomic mass is 10.1. The standard InChI is InChI=1S/C10H9N.C8H8N2.C8H7NO.C8H7NS.C7H7N3.C7H6N2O.C7H6N2S.C7H8.2C6H7N.C4H5N3/c1-8-6-7-11-10-5-3-2-4-9(8)10;3*1-6-2-4-9-8-7(6)3-5-10-8;1-5-2-3-8-7-6(5)9-4-10-7;2*1-5-7-6(2-3-10-7)9-4-8-5;1-7-5-3-2-4-6-7;1-6-2-4-7-5-3-6;1-6-4-2-3-5-7-6;1-4-6-2-5-3-7-4/h2-7H,1H3;2,4-5H,3H2,1H3;2*2-5H,1H3;2-4H,1H3,(H,8,9,10);2*2-4H,1H3;2-6H,1H3;2*2-5H,1H3;2-3H,1H3. The quantitative estimate of drug-likeness (QED) is 0.148. The van der Waals surface area contributed by atoms with Gasteiger partial charge in [0.15, 0.2) is 17.0 Å². The van der Waals surface area contributed by atoms with Crippen LogP contribution in [0.5, 0.6) is 0 Å². The number of nitrogens with one attached hydrogen (secondary N) is 1. The van der Waals surface area contributed by atoms with Crippen LogP contribution in [0.2, 0.25) is 0 Å². The molecule has 17 aromatic rings. The van der Waals surface area contributed by atoms with Crippen molar-refractivity contribution in [2.24, 2.45) is 4.99 Å². The van der Waals surface area contributed by atoms with E-state index in [0.717, 1.165) is 84.4 Å². The molecule has 0 unspecified atom stereocenters. The van der Waals surface area contributed by atoms with Gasteiger partial charge in [0.1, 0.15) is 41.5 Å². The number of benzene rings is 2. The molecule has 2 aromatic carbocycles. The maximum atomic E-state index is 5.12. The first-order valence-electron chi connectivity index (χ1n) is 31.5. The average molecular weight is 1350 g/mol. The molecule has 0 saturated heterocycles. The molecular formula is C78H77N17O2S2. The molecule has 0 aliphatic carbocycles. The highest BCUT2D eigenvalue weighted by atomic mass is 32.1. The number of H-pyrrole nitrogens is 1. The van der Waals surface area contributed by atoms with Crippen LogP contribution in [0.4, 0.5) is 5.82 Å². The maximum absolute atomic E-state index is 5.12. The number of para-hydroxylation sites is 1. The maximum Gasteiger partial charge on any atom is 0.226 e. The van der Waals surface area contributed by atoms with E-state index < -0.39 is 0 Å². The van der Waals surface area contributed by atoms with Crippen molar-refractivity contribution >= 4 is 99.4 Å². The molecule has 15 aromatic heterocycles. The molecule has 0 fully saturated rings. The van der Waals surface area contributed by atoms with Crippen LogP contribution in [0, 0.1) is 76.2 Å². The summed E-state index contributed by atoms with van der Waals surface area (Å²) in [7, 11) is 0. The van der Waals surface area contributed by atoms with E-state index >= 15 is 0 Å². The van der Waals surface area contributed by atoms with Gasteiger partial charge in [0.05, 0.1) is 51.5 Å². The number of hydrogen-bond donors (Lipinski definition) is 1. The van der Waals surface area contributed by atoms with Crippen molar-refractivity contribution < 1.29 is 8.83 Å². The van der Waals surface area contributed by atoms with E-state index in [4.69, 9.17) is 8.83 Å². The molecule has 19 nitrogen and oxygen atoms in total. The highest BCUT2D eigenvalue weighted by molar-refractivity contribution is 7.17. The fourth-order valence-electron chi connectivity index (χ4n) is 8.92. The Morgan fingerprint density at radius 3 is 1.66 bits per heavy atom. The fourth-order valence-corrected chi connectivity index (χ4v) is 10.5. The van der Waals surface area contributed by atoms with Crippen LogP contribution in [0.25, 0.3) is 64.7 Å². The summed E-state index contributed by atoms with van der Waals surface area (Å²) in [6, 6.07) is 46.1. The smallest absolute Gasteiger partial charge is 0.226 e. The second-order valence-electron chi connectivity index (χ2n) is 21.9. The highest BCUT2D eigenvalue weighted by Gasteiger charge is 2.09. The number of imidazole rings is 1. The molecule has 0 saturated carbocycles. The normalized spacial score (nSPS) is 10.3. The van der Waals surface area contributed by atoms with Gasteiger partial charge in [-0.05, 0) is 199 Å². The van der Waals surface area contributed by atoms with Crippen molar-refractivity contribution in [1.29, 1.82) is 0 Å². The molecule has 0 amide bonds. The first-order chi connectivity index (χ1) is 48.2. The molecule has 1 N–H and O–H groups in total. The Balaban J connectivity index is 0.000000139. The van der Waals surface area contributed by atoms with Gasteiger partial charge in [-0.2, -0.15) is 0 Å². The van der Waals surface area contributed by atoms with Crippen molar-refractivity contribution in [3.8, 4) is 0 Å². The average Bonchev–Trinajstić information content (AvgIpc) is 0.990. The molecule has 0 radical (unpaired) electrons. The molecule has 18 rings (SSSR count). The van der Waals surface area contributed by atoms with E-state index in [1.54, 1.807) is 85.0 Å². The van der Waals surface area contributed by atoms with E-state index in [2.05, 4.69) is 142 Å². The van der Waals surface area contributed by atoms with Crippen LogP contribution in [-0.2, 0) is 6.42 Å². The predicted octanol–water partition coefficient (Wildman–Crippen LogP) is 18.7. The first-order valence-corrected chi connectivity index (χ1v) is 33.2. The molecule has 21 heteroatoms. The van der Waals surface area contributed by atoms with E-state index in [1.807, 2.05) is 188 Å². The summed E-state index contributed by atoms with van der Waals surface area (Å²) in [5, 5.41) is 7.74. The Hall–Kier alpha value is -11.9. The summed E-state index contributed by atoms with van der Waals surface area (Å²) >= 11 is 3.38. The minimum atomic E-state index is 0.722. The molecule has 0 spiro atoms. The molecule has 1 aliphatic rings. The van der Waals surface area contributed by atoms with Crippen molar-refractivity contribution in [2.45, 2.75) is 82.6 Å². The first kappa shape index (κ1) is 72.9. The summed E-state index contributed by atoms with van der Waals surface area (Å²) < 4.78 is 11.4. The molecule has 99 heavy (non-hydrogen) atoms. The van der Waals surface area contributed by atoms with Crippen molar-refractivity contribution in [3.63, 3.8) is 0 Å². The van der Waals surface area contributed by atoms with Crippen molar-refractivity contribution in [2.75, 3.05) is 0 Å². The zero-order chi connectivity index (χ0) is 70.0. The van der Waals surface area contributed by atoms with Gasteiger partial charge >= 0.3 is 0 Å². The Kier molecular flexibility index (Phi) is 28.8. The topological polar surface area (TPSA) is 248 Å². The molecule has 498 valence electrons. The summed E-state index contributed by atoms with van der Waals surface area (Å²) in [5.74, 6) is 1.66. The Labute approximate surface area is 583 Å². The van der Waals surface area contributed by atoms with E-state index in [9.17, 15) is 0 Å². The Morgan fingerprint density at radius 1 is 0.394 bits per heavy atom. The molecule has 16 heterocycles. The van der Waals surface area contributed by atoms with Gasteiger partial charge in [0.2, 0.25) is 5.71 Å².